The Labute approximate surface area is 164 Å². The van der Waals surface area contributed by atoms with Gasteiger partial charge in [-0.15, -0.1) is 12.4 Å². The summed E-state index contributed by atoms with van der Waals surface area (Å²) in [6.45, 7) is 1.55. The van der Waals surface area contributed by atoms with Crippen LogP contribution in [0.3, 0.4) is 0 Å². The molecular formula is C17H25Cl2N3O2S. The second kappa shape index (κ2) is 10.9. The van der Waals surface area contributed by atoms with Crippen LogP contribution in [-0.4, -0.2) is 47.9 Å². The third-order valence-electron chi connectivity index (χ3n) is 4.08. The third-order valence-corrected chi connectivity index (χ3v) is 5.04. The molecule has 1 atom stereocenters. The highest BCUT2D eigenvalue weighted by molar-refractivity contribution is 7.98. The fourth-order valence-corrected chi connectivity index (χ4v) is 3.40. The van der Waals surface area contributed by atoms with Gasteiger partial charge in [0.05, 0.1) is 16.6 Å². The van der Waals surface area contributed by atoms with Crippen LogP contribution in [0.15, 0.2) is 18.2 Å². The van der Waals surface area contributed by atoms with E-state index in [1.54, 1.807) is 30.0 Å². The molecule has 1 aromatic rings. The van der Waals surface area contributed by atoms with E-state index in [-0.39, 0.29) is 24.2 Å². The lowest BCUT2D eigenvalue weighted by Gasteiger charge is -2.27. The molecule has 1 heterocycles. The van der Waals surface area contributed by atoms with Crippen molar-refractivity contribution in [3.05, 3.63) is 28.8 Å². The first-order valence-corrected chi connectivity index (χ1v) is 9.94. The number of likely N-dealkylation sites (tertiary alicyclic amines) is 1. The van der Waals surface area contributed by atoms with Gasteiger partial charge in [-0.2, -0.15) is 11.8 Å². The maximum absolute atomic E-state index is 12.5. The van der Waals surface area contributed by atoms with Crippen LogP contribution in [0.4, 0.5) is 5.69 Å². The van der Waals surface area contributed by atoms with Crippen molar-refractivity contribution in [3.8, 4) is 0 Å². The molecule has 0 radical (unpaired) electrons. The van der Waals surface area contributed by atoms with Crippen molar-refractivity contribution in [2.24, 2.45) is 5.73 Å². The van der Waals surface area contributed by atoms with Crippen molar-refractivity contribution >= 4 is 53.3 Å². The average molecular weight is 406 g/mol. The number of rotatable bonds is 6. The van der Waals surface area contributed by atoms with E-state index >= 15 is 0 Å². The number of piperidine rings is 1. The first-order chi connectivity index (χ1) is 11.5. The van der Waals surface area contributed by atoms with Crippen molar-refractivity contribution in [1.29, 1.82) is 0 Å². The van der Waals surface area contributed by atoms with Crippen LogP contribution >= 0.6 is 35.8 Å². The molecule has 1 aromatic carbocycles. The highest BCUT2D eigenvalue weighted by atomic mass is 35.5. The smallest absolute Gasteiger partial charge is 0.255 e. The molecular weight excluding hydrogens is 381 g/mol. The third kappa shape index (κ3) is 6.37. The maximum atomic E-state index is 12.5. The van der Waals surface area contributed by atoms with E-state index in [1.165, 1.54) is 6.42 Å². The van der Waals surface area contributed by atoms with Gasteiger partial charge in [0.1, 0.15) is 0 Å². The molecule has 0 unspecified atom stereocenters. The Hall–Kier alpha value is -0.950. The minimum atomic E-state index is -0.550. The van der Waals surface area contributed by atoms with Gasteiger partial charge in [0.25, 0.3) is 5.91 Å². The van der Waals surface area contributed by atoms with Gasteiger partial charge in [-0.3, -0.25) is 9.59 Å². The Morgan fingerprint density at radius 1 is 1.32 bits per heavy atom. The number of thioether (sulfide) groups is 1. The molecule has 0 aromatic heterocycles. The standard InChI is InChI=1S/C17H24ClN3O2S.ClH/c1-24-10-7-15(19)16(22)20-12-5-6-13(14(18)11-12)17(23)21-8-3-2-4-9-21;/h5-6,11,15H,2-4,7-10,19H2,1H3,(H,20,22);1H/t15-;/m0./s1. The minimum absolute atomic E-state index is 0. The van der Waals surface area contributed by atoms with Crippen LogP contribution in [0.5, 0.6) is 0 Å². The summed E-state index contributed by atoms with van der Waals surface area (Å²) in [4.78, 5) is 26.4. The number of carbonyl (C=O) groups excluding carboxylic acids is 2. The van der Waals surface area contributed by atoms with E-state index in [1.807, 2.05) is 11.2 Å². The number of hydrogen-bond acceptors (Lipinski definition) is 4. The Kier molecular flexibility index (Phi) is 9.64. The number of halogens is 2. The Morgan fingerprint density at radius 3 is 2.60 bits per heavy atom. The summed E-state index contributed by atoms with van der Waals surface area (Å²) in [5.74, 6) is 0.544. The molecule has 0 aliphatic carbocycles. The van der Waals surface area contributed by atoms with Crippen LogP contribution < -0.4 is 11.1 Å². The SMILES string of the molecule is CSCC[C@H](N)C(=O)Nc1ccc(C(=O)N2CCCCC2)c(Cl)c1.Cl. The number of nitrogens with one attached hydrogen (secondary N) is 1. The van der Waals surface area contributed by atoms with Gasteiger partial charge in [0.2, 0.25) is 5.91 Å². The first-order valence-electron chi connectivity index (χ1n) is 8.17. The summed E-state index contributed by atoms with van der Waals surface area (Å²) in [7, 11) is 0. The fourth-order valence-electron chi connectivity index (χ4n) is 2.64. The highest BCUT2D eigenvalue weighted by Crippen LogP contribution is 2.24. The molecule has 1 saturated heterocycles. The van der Waals surface area contributed by atoms with Crippen LogP contribution in [0.2, 0.25) is 5.02 Å². The zero-order valence-electron chi connectivity index (χ0n) is 14.3. The number of anilines is 1. The Bertz CT molecular complexity index is 595. The second-order valence-electron chi connectivity index (χ2n) is 5.92. The van der Waals surface area contributed by atoms with Crippen molar-refractivity contribution < 1.29 is 9.59 Å². The molecule has 0 spiro atoms. The van der Waals surface area contributed by atoms with Crippen LogP contribution in [-0.2, 0) is 4.79 Å². The van der Waals surface area contributed by atoms with Gasteiger partial charge in [-0.05, 0) is 55.9 Å². The van der Waals surface area contributed by atoms with Gasteiger partial charge in [-0.1, -0.05) is 11.6 Å². The van der Waals surface area contributed by atoms with Crippen LogP contribution in [0.25, 0.3) is 0 Å². The molecule has 1 fully saturated rings. The van der Waals surface area contributed by atoms with E-state index in [2.05, 4.69) is 5.32 Å². The monoisotopic (exact) mass is 405 g/mol. The molecule has 2 rings (SSSR count). The van der Waals surface area contributed by atoms with Crippen LogP contribution in [0.1, 0.15) is 36.0 Å². The van der Waals surface area contributed by atoms with Gasteiger partial charge >= 0.3 is 0 Å². The summed E-state index contributed by atoms with van der Waals surface area (Å²) < 4.78 is 0. The summed E-state index contributed by atoms with van der Waals surface area (Å²) in [6, 6.07) is 4.42. The molecule has 25 heavy (non-hydrogen) atoms. The number of nitrogens with two attached hydrogens (primary N) is 1. The van der Waals surface area contributed by atoms with Crippen molar-refractivity contribution in [1.82, 2.24) is 4.90 Å². The first kappa shape index (κ1) is 22.1. The summed E-state index contributed by atoms with van der Waals surface area (Å²) in [5.41, 5.74) is 6.88. The van der Waals surface area contributed by atoms with Gasteiger partial charge in [0.15, 0.2) is 0 Å². The van der Waals surface area contributed by atoms with E-state index in [0.717, 1.165) is 31.7 Å². The lowest BCUT2D eigenvalue weighted by atomic mass is 10.1. The number of nitrogens with zero attached hydrogens (tertiary/aromatic N) is 1. The predicted molar refractivity (Wildman–Crippen MR) is 108 cm³/mol. The van der Waals surface area contributed by atoms with Gasteiger partial charge in [-0.25, -0.2) is 0 Å². The molecule has 2 amide bonds. The van der Waals surface area contributed by atoms with E-state index < -0.39 is 6.04 Å². The lowest BCUT2D eigenvalue weighted by Crippen LogP contribution is -2.36. The van der Waals surface area contributed by atoms with E-state index in [4.69, 9.17) is 17.3 Å². The zero-order valence-corrected chi connectivity index (χ0v) is 16.7. The summed E-state index contributed by atoms with van der Waals surface area (Å²) >= 11 is 7.91. The maximum Gasteiger partial charge on any atom is 0.255 e. The number of carbonyl (C=O) groups is 2. The molecule has 3 N–H and O–H groups in total. The zero-order chi connectivity index (χ0) is 17.5. The fraction of sp³-hybridized carbons (Fsp3) is 0.529. The van der Waals surface area contributed by atoms with Crippen molar-refractivity contribution in [2.45, 2.75) is 31.7 Å². The largest absolute Gasteiger partial charge is 0.339 e. The van der Waals surface area contributed by atoms with Crippen LogP contribution in [0, 0.1) is 0 Å². The number of amides is 2. The van der Waals surface area contributed by atoms with Crippen molar-refractivity contribution in [2.75, 3.05) is 30.4 Å². The summed E-state index contributed by atoms with van der Waals surface area (Å²) in [5, 5.41) is 3.10. The molecule has 8 heteroatoms. The Balaban J connectivity index is 0.00000312. The van der Waals surface area contributed by atoms with Gasteiger partial charge < -0.3 is 16.0 Å². The second-order valence-corrected chi connectivity index (χ2v) is 7.32. The molecule has 5 nitrogen and oxygen atoms in total. The van der Waals surface area contributed by atoms with Crippen molar-refractivity contribution in [3.63, 3.8) is 0 Å². The average Bonchev–Trinajstić information content (AvgIpc) is 2.60. The normalized spacial score (nSPS) is 15.2. The number of benzene rings is 1. The van der Waals surface area contributed by atoms with E-state index in [9.17, 15) is 9.59 Å². The predicted octanol–water partition coefficient (Wildman–Crippen LogP) is 3.41. The topological polar surface area (TPSA) is 75.4 Å². The quantitative estimate of drug-likeness (QED) is 0.759. The molecule has 1 aliphatic heterocycles. The minimum Gasteiger partial charge on any atom is -0.339 e. The summed E-state index contributed by atoms with van der Waals surface area (Å²) in [6.07, 6.45) is 5.82. The van der Waals surface area contributed by atoms with Gasteiger partial charge in [0, 0.05) is 18.8 Å². The lowest BCUT2D eigenvalue weighted by molar-refractivity contribution is -0.117. The Morgan fingerprint density at radius 2 is 2.00 bits per heavy atom. The highest BCUT2D eigenvalue weighted by Gasteiger charge is 2.21. The number of hydrogen-bond donors (Lipinski definition) is 2. The molecule has 140 valence electrons. The van der Waals surface area contributed by atoms with E-state index in [0.29, 0.717) is 22.7 Å². The molecule has 0 bridgehead atoms. The molecule has 0 saturated carbocycles. The molecule has 1 aliphatic rings.